The van der Waals surface area contributed by atoms with E-state index in [1.807, 2.05) is 13.8 Å². The van der Waals surface area contributed by atoms with Gasteiger partial charge in [-0.25, -0.2) is 0 Å². The summed E-state index contributed by atoms with van der Waals surface area (Å²) in [5, 5.41) is 0. The number of halogens is 5. The molecule has 0 bridgehead atoms. The van der Waals surface area contributed by atoms with Crippen LogP contribution >= 0.6 is 28.3 Å². The highest BCUT2D eigenvalue weighted by molar-refractivity contribution is 9.10. The fourth-order valence-corrected chi connectivity index (χ4v) is 2.14. The van der Waals surface area contributed by atoms with Crippen LogP contribution in [0.4, 0.5) is 13.2 Å². The van der Waals surface area contributed by atoms with Crippen LogP contribution in [0.25, 0.3) is 0 Å². The predicted molar refractivity (Wildman–Crippen MR) is 72.8 cm³/mol. The number of hydrogen-bond donors (Lipinski definition) is 1. The van der Waals surface area contributed by atoms with Crippen molar-refractivity contribution in [1.29, 1.82) is 0 Å². The number of rotatable bonds is 3. The summed E-state index contributed by atoms with van der Waals surface area (Å²) in [5.74, 6) is 0.346. The third-order valence-electron chi connectivity index (χ3n) is 2.40. The average Bonchev–Trinajstić information content (AvgIpc) is 2.14. The number of hydrogen-bond acceptors (Lipinski definition) is 1. The van der Waals surface area contributed by atoms with Gasteiger partial charge in [0, 0.05) is 10.5 Å². The minimum atomic E-state index is -4.34. The van der Waals surface area contributed by atoms with E-state index in [2.05, 4.69) is 15.9 Å². The first-order valence-electron chi connectivity index (χ1n) is 5.33. The van der Waals surface area contributed by atoms with E-state index >= 15 is 0 Å². The largest absolute Gasteiger partial charge is 0.416 e. The maximum absolute atomic E-state index is 12.6. The van der Waals surface area contributed by atoms with Gasteiger partial charge in [-0.2, -0.15) is 13.2 Å². The molecule has 0 saturated carbocycles. The van der Waals surface area contributed by atoms with Gasteiger partial charge in [0.15, 0.2) is 0 Å². The van der Waals surface area contributed by atoms with Gasteiger partial charge in [0.25, 0.3) is 0 Å². The van der Waals surface area contributed by atoms with Crippen molar-refractivity contribution >= 4 is 28.3 Å². The molecule has 0 fully saturated rings. The summed E-state index contributed by atoms with van der Waals surface area (Å²) in [6.45, 7) is 3.98. The number of nitrogens with two attached hydrogens (primary N) is 1. The standard InChI is InChI=1S/C12H15BrF3N.ClH/c1-7(2)3-11(17)8-4-9(12(14,15)16)6-10(13)5-8;/h4-7,11H,3,17H2,1-2H3;1H/t11-;/m0./s1. The molecule has 0 heterocycles. The lowest BCUT2D eigenvalue weighted by Crippen LogP contribution is -2.14. The first-order valence-corrected chi connectivity index (χ1v) is 6.12. The third kappa shape index (κ3) is 5.16. The predicted octanol–water partition coefficient (Wildman–Crippen LogP) is 4.94. The smallest absolute Gasteiger partial charge is 0.324 e. The fraction of sp³-hybridized carbons (Fsp3) is 0.500. The molecule has 0 aromatic heterocycles. The van der Waals surface area contributed by atoms with Crippen molar-refractivity contribution in [2.75, 3.05) is 0 Å². The highest BCUT2D eigenvalue weighted by Crippen LogP contribution is 2.33. The fourth-order valence-electron chi connectivity index (χ4n) is 1.63. The van der Waals surface area contributed by atoms with Gasteiger partial charge < -0.3 is 5.73 Å². The molecule has 0 amide bonds. The molecule has 0 aliphatic rings. The lowest BCUT2D eigenvalue weighted by atomic mass is 9.96. The molecule has 18 heavy (non-hydrogen) atoms. The van der Waals surface area contributed by atoms with Crippen molar-refractivity contribution in [2.45, 2.75) is 32.5 Å². The Morgan fingerprint density at radius 3 is 2.22 bits per heavy atom. The topological polar surface area (TPSA) is 26.0 Å². The lowest BCUT2D eigenvalue weighted by molar-refractivity contribution is -0.137. The molecule has 0 unspecified atom stereocenters. The van der Waals surface area contributed by atoms with Crippen LogP contribution in [0.1, 0.15) is 37.4 Å². The molecule has 0 aliphatic carbocycles. The van der Waals surface area contributed by atoms with Crippen molar-refractivity contribution in [3.8, 4) is 0 Å². The van der Waals surface area contributed by atoms with Crippen molar-refractivity contribution in [2.24, 2.45) is 11.7 Å². The van der Waals surface area contributed by atoms with Crippen molar-refractivity contribution < 1.29 is 13.2 Å². The van der Waals surface area contributed by atoms with Crippen LogP contribution in [0.2, 0.25) is 0 Å². The van der Waals surface area contributed by atoms with Gasteiger partial charge in [0.2, 0.25) is 0 Å². The average molecular weight is 347 g/mol. The van der Waals surface area contributed by atoms with E-state index < -0.39 is 11.7 Å². The second kappa shape index (κ2) is 6.78. The lowest BCUT2D eigenvalue weighted by Gasteiger charge is -2.17. The minimum Gasteiger partial charge on any atom is -0.324 e. The Morgan fingerprint density at radius 1 is 1.22 bits per heavy atom. The second-order valence-corrected chi connectivity index (χ2v) is 5.42. The Kier molecular flexibility index (Phi) is 6.68. The zero-order valence-corrected chi connectivity index (χ0v) is 12.5. The van der Waals surface area contributed by atoms with Crippen LogP contribution in [0, 0.1) is 5.92 Å². The maximum atomic E-state index is 12.6. The van der Waals surface area contributed by atoms with Crippen LogP contribution < -0.4 is 5.73 Å². The molecule has 0 spiro atoms. The van der Waals surface area contributed by atoms with Gasteiger partial charge in [-0.15, -0.1) is 12.4 Å². The Morgan fingerprint density at radius 2 is 1.78 bits per heavy atom. The molecular weight excluding hydrogens is 330 g/mol. The summed E-state index contributed by atoms with van der Waals surface area (Å²) < 4.78 is 38.2. The van der Waals surface area contributed by atoms with E-state index in [1.54, 1.807) is 6.07 Å². The monoisotopic (exact) mass is 345 g/mol. The SMILES string of the molecule is CC(C)C[C@H](N)c1cc(Br)cc(C(F)(F)F)c1.Cl. The molecule has 1 aromatic carbocycles. The zero-order valence-electron chi connectivity index (χ0n) is 10.1. The molecule has 0 radical (unpaired) electrons. The molecule has 104 valence electrons. The summed E-state index contributed by atoms with van der Waals surface area (Å²) in [4.78, 5) is 0. The van der Waals surface area contributed by atoms with Crippen molar-refractivity contribution in [3.05, 3.63) is 33.8 Å². The first kappa shape index (κ1) is 17.7. The second-order valence-electron chi connectivity index (χ2n) is 4.51. The molecule has 1 atom stereocenters. The molecule has 6 heteroatoms. The Labute approximate surface area is 119 Å². The van der Waals surface area contributed by atoms with E-state index in [9.17, 15) is 13.2 Å². The Balaban J connectivity index is 0.00000289. The van der Waals surface area contributed by atoms with Crippen molar-refractivity contribution in [1.82, 2.24) is 0 Å². The first-order chi connectivity index (χ1) is 7.70. The highest BCUT2D eigenvalue weighted by Gasteiger charge is 2.31. The Bertz CT molecular complexity index is 393. The summed E-state index contributed by atoms with van der Waals surface area (Å²) in [6, 6.07) is 3.46. The van der Waals surface area contributed by atoms with Crippen LogP contribution in [0.5, 0.6) is 0 Å². The van der Waals surface area contributed by atoms with E-state index in [4.69, 9.17) is 5.73 Å². The summed E-state index contributed by atoms with van der Waals surface area (Å²) in [5.41, 5.74) is 5.74. The summed E-state index contributed by atoms with van der Waals surface area (Å²) in [6.07, 6.45) is -3.68. The van der Waals surface area contributed by atoms with Crippen molar-refractivity contribution in [3.63, 3.8) is 0 Å². The third-order valence-corrected chi connectivity index (χ3v) is 2.86. The molecule has 1 rings (SSSR count). The molecule has 0 saturated heterocycles. The number of benzene rings is 1. The van der Waals surface area contributed by atoms with E-state index in [0.717, 1.165) is 12.1 Å². The van der Waals surface area contributed by atoms with E-state index in [0.29, 0.717) is 22.4 Å². The van der Waals surface area contributed by atoms with E-state index in [-0.39, 0.29) is 18.4 Å². The summed E-state index contributed by atoms with van der Waals surface area (Å²) >= 11 is 3.08. The van der Waals surface area contributed by atoms with Gasteiger partial charge in [-0.05, 0) is 36.1 Å². The molecule has 0 aliphatic heterocycles. The van der Waals surface area contributed by atoms with Crippen LogP contribution in [0.15, 0.2) is 22.7 Å². The number of alkyl halides is 3. The quantitative estimate of drug-likeness (QED) is 0.824. The van der Waals surface area contributed by atoms with Gasteiger partial charge in [-0.3, -0.25) is 0 Å². The Hall–Kier alpha value is -0.260. The van der Waals surface area contributed by atoms with Crippen LogP contribution in [-0.4, -0.2) is 0 Å². The zero-order chi connectivity index (χ0) is 13.2. The minimum absolute atomic E-state index is 0. The molecular formula is C12H16BrClF3N. The highest BCUT2D eigenvalue weighted by atomic mass is 79.9. The van der Waals surface area contributed by atoms with Gasteiger partial charge in [0.1, 0.15) is 0 Å². The van der Waals surface area contributed by atoms with Gasteiger partial charge in [0.05, 0.1) is 5.56 Å². The normalized spacial score (nSPS) is 13.3. The van der Waals surface area contributed by atoms with Gasteiger partial charge in [-0.1, -0.05) is 29.8 Å². The van der Waals surface area contributed by atoms with Crippen LogP contribution in [0.3, 0.4) is 0 Å². The van der Waals surface area contributed by atoms with Crippen LogP contribution in [-0.2, 0) is 6.18 Å². The molecule has 2 N–H and O–H groups in total. The summed E-state index contributed by atoms with van der Waals surface area (Å²) in [7, 11) is 0. The molecule has 1 aromatic rings. The van der Waals surface area contributed by atoms with E-state index in [1.165, 1.54) is 0 Å². The van der Waals surface area contributed by atoms with Gasteiger partial charge >= 0.3 is 6.18 Å². The maximum Gasteiger partial charge on any atom is 0.416 e. The molecule has 1 nitrogen and oxygen atoms in total.